The second kappa shape index (κ2) is 8.22. The third-order valence-electron chi connectivity index (χ3n) is 4.57. The van der Waals surface area contributed by atoms with Crippen LogP contribution in [0.2, 0.25) is 0 Å². The lowest BCUT2D eigenvalue weighted by Crippen LogP contribution is -2.07. The third kappa shape index (κ3) is 4.64. The van der Waals surface area contributed by atoms with Crippen LogP contribution in [0.15, 0.2) is 60.8 Å². The molecule has 4 rings (SSSR count). The van der Waals surface area contributed by atoms with Gasteiger partial charge >= 0.3 is 6.18 Å². The molecule has 164 valence electrons. The number of aromatic nitrogens is 3. The first kappa shape index (κ1) is 21.2. The van der Waals surface area contributed by atoms with Crippen LogP contribution in [0.1, 0.15) is 12.5 Å². The van der Waals surface area contributed by atoms with Crippen molar-refractivity contribution in [3.05, 3.63) is 66.4 Å². The number of benzene rings is 2. The summed E-state index contributed by atoms with van der Waals surface area (Å²) in [5.74, 6) is 1.47. The fourth-order valence-electron chi connectivity index (χ4n) is 3.12. The van der Waals surface area contributed by atoms with E-state index in [2.05, 4.69) is 20.6 Å². The largest absolute Gasteiger partial charge is 0.457 e. The van der Waals surface area contributed by atoms with Gasteiger partial charge in [-0.3, -0.25) is 4.79 Å². The summed E-state index contributed by atoms with van der Waals surface area (Å²) in [4.78, 5) is 19.7. The van der Waals surface area contributed by atoms with Crippen LogP contribution >= 0.6 is 0 Å². The molecule has 0 aliphatic rings. The second-order valence-electron chi connectivity index (χ2n) is 7.01. The molecule has 0 spiro atoms. The molecule has 1 amide bonds. The number of amides is 1. The van der Waals surface area contributed by atoms with Crippen LogP contribution in [0.3, 0.4) is 0 Å². The predicted octanol–water partition coefficient (Wildman–Crippen LogP) is 5.48. The van der Waals surface area contributed by atoms with E-state index >= 15 is 0 Å². The summed E-state index contributed by atoms with van der Waals surface area (Å²) in [5, 5.41) is 5.51. The average Bonchev–Trinajstić information content (AvgIpc) is 3.02. The molecule has 0 saturated heterocycles. The van der Waals surface area contributed by atoms with Gasteiger partial charge in [0.05, 0.1) is 16.6 Å². The number of nitrogens with one attached hydrogen (secondary N) is 2. The number of pyridine rings is 1. The van der Waals surface area contributed by atoms with Crippen molar-refractivity contribution in [2.24, 2.45) is 7.05 Å². The van der Waals surface area contributed by atoms with Crippen molar-refractivity contribution >= 4 is 34.4 Å². The Morgan fingerprint density at radius 1 is 1.06 bits per heavy atom. The number of hydrogen-bond acceptors (Lipinski definition) is 5. The zero-order valence-electron chi connectivity index (χ0n) is 17.1. The summed E-state index contributed by atoms with van der Waals surface area (Å²) in [7, 11) is 1.76. The first-order chi connectivity index (χ1) is 15.2. The number of imidazole rings is 1. The zero-order chi connectivity index (χ0) is 22.9. The van der Waals surface area contributed by atoms with Crippen molar-refractivity contribution in [2.45, 2.75) is 13.1 Å². The molecule has 0 saturated carbocycles. The summed E-state index contributed by atoms with van der Waals surface area (Å²) in [6, 6.07) is 13.4. The summed E-state index contributed by atoms with van der Waals surface area (Å²) < 4.78 is 46.5. The van der Waals surface area contributed by atoms with Crippen LogP contribution in [0.25, 0.3) is 11.0 Å². The highest BCUT2D eigenvalue weighted by Crippen LogP contribution is 2.32. The Morgan fingerprint density at radius 3 is 2.59 bits per heavy atom. The van der Waals surface area contributed by atoms with E-state index in [-0.39, 0.29) is 11.6 Å². The number of alkyl halides is 3. The van der Waals surface area contributed by atoms with Crippen LogP contribution in [0.5, 0.6) is 11.5 Å². The number of fused-ring (bicyclic) bond motifs is 1. The SMILES string of the molecule is CC(=O)Nc1cc(Oc2ccc3c(c2)nc(Nc2cccc(C(F)(F)F)c2)n3C)ccn1. The van der Waals surface area contributed by atoms with Crippen molar-refractivity contribution in [3.63, 3.8) is 0 Å². The van der Waals surface area contributed by atoms with Crippen LogP contribution in [-0.2, 0) is 18.0 Å². The van der Waals surface area contributed by atoms with Crippen molar-refractivity contribution < 1.29 is 22.7 Å². The molecular weight excluding hydrogens is 423 g/mol. The quantitative estimate of drug-likeness (QED) is 0.429. The van der Waals surface area contributed by atoms with Gasteiger partial charge in [-0.1, -0.05) is 6.07 Å². The van der Waals surface area contributed by atoms with Gasteiger partial charge in [0.2, 0.25) is 11.9 Å². The second-order valence-corrected chi connectivity index (χ2v) is 7.01. The molecule has 0 aliphatic heterocycles. The van der Waals surface area contributed by atoms with Crippen LogP contribution in [0, 0.1) is 0 Å². The number of anilines is 3. The van der Waals surface area contributed by atoms with E-state index in [9.17, 15) is 18.0 Å². The number of carbonyl (C=O) groups excluding carboxylic acids is 1. The summed E-state index contributed by atoms with van der Waals surface area (Å²) in [5.41, 5.74) is 0.890. The molecule has 0 aliphatic carbocycles. The third-order valence-corrected chi connectivity index (χ3v) is 4.57. The maximum absolute atomic E-state index is 13.0. The standard InChI is InChI=1S/C22H18F3N5O2/c1-13(31)27-20-12-17(8-9-26-20)32-16-6-7-19-18(11-16)29-21(30(19)2)28-15-5-3-4-14(10-15)22(23,24)25/h3-12H,1-2H3,(H,28,29)(H,26,27,31). The normalized spacial score (nSPS) is 11.4. The number of rotatable bonds is 5. The zero-order valence-corrected chi connectivity index (χ0v) is 17.1. The van der Waals surface area contributed by atoms with Crippen molar-refractivity contribution in [3.8, 4) is 11.5 Å². The molecule has 0 unspecified atom stereocenters. The van der Waals surface area contributed by atoms with Gasteiger partial charge in [0.1, 0.15) is 17.3 Å². The average molecular weight is 441 g/mol. The number of halogens is 3. The van der Waals surface area contributed by atoms with Gasteiger partial charge in [-0.05, 0) is 36.4 Å². The molecule has 2 aromatic heterocycles. The van der Waals surface area contributed by atoms with Gasteiger partial charge in [-0.25, -0.2) is 9.97 Å². The predicted molar refractivity (Wildman–Crippen MR) is 114 cm³/mol. The molecule has 2 heterocycles. The lowest BCUT2D eigenvalue weighted by atomic mass is 10.2. The summed E-state index contributed by atoms with van der Waals surface area (Å²) in [6.45, 7) is 1.38. The molecule has 0 atom stereocenters. The Labute approximate surface area is 180 Å². The van der Waals surface area contributed by atoms with Gasteiger partial charge in [-0.2, -0.15) is 13.2 Å². The van der Waals surface area contributed by atoms with Gasteiger partial charge in [-0.15, -0.1) is 0 Å². The topological polar surface area (TPSA) is 81.1 Å². The van der Waals surface area contributed by atoms with Crippen molar-refractivity contribution in [1.29, 1.82) is 0 Å². The fourth-order valence-corrected chi connectivity index (χ4v) is 3.12. The molecular formula is C22H18F3N5O2. The highest BCUT2D eigenvalue weighted by molar-refractivity contribution is 5.87. The van der Waals surface area contributed by atoms with Crippen molar-refractivity contribution in [1.82, 2.24) is 14.5 Å². The molecule has 0 radical (unpaired) electrons. The van der Waals surface area contributed by atoms with Gasteiger partial charge in [0.25, 0.3) is 0 Å². The number of hydrogen-bond donors (Lipinski definition) is 2. The van der Waals surface area contributed by atoms with E-state index in [1.165, 1.54) is 19.2 Å². The van der Waals surface area contributed by atoms with Gasteiger partial charge in [0.15, 0.2) is 0 Å². The molecule has 7 nitrogen and oxygen atoms in total. The molecule has 4 aromatic rings. The van der Waals surface area contributed by atoms with Gasteiger partial charge < -0.3 is 19.9 Å². The monoisotopic (exact) mass is 441 g/mol. The minimum Gasteiger partial charge on any atom is -0.457 e. The Morgan fingerprint density at radius 2 is 1.84 bits per heavy atom. The molecule has 0 bridgehead atoms. The summed E-state index contributed by atoms with van der Waals surface area (Å²) in [6.07, 6.45) is -2.92. The number of nitrogens with zero attached hydrogens (tertiary/aromatic N) is 3. The molecule has 0 fully saturated rings. The Balaban J connectivity index is 1.58. The lowest BCUT2D eigenvalue weighted by molar-refractivity contribution is -0.137. The van der Waals surface area contributed by atoms with Crippen LogP contribution < -0.4 is 15.4 Å². The maximum atomic E-state index is 13.0. The fraction of sp³-hybridized carbons (Fsp3) is 0.136. The Bertz CT molecular complexity index is 1300. The smallest absolute Gasteiger partial charge is 0.416 e. The van der Waals surface area contributed by atoms with Crippen molar-refractivity contribution in [2.75, 3.05) is 10.6 Å². The van der Waals surface area contributed by atoms with E-state index in [1.807, 2.05) is 0 Å². The first-order valence-corrected chi connectivity index (χ1v) is 9.51. The number of ether oxygens (including phenoxy) is 1. The van der Waals surface area contributed by atoms with E-state index in [4.69, 9.17) is 4.74 Å². The number of carbonyl (C=O) groups is 1. The molecule has 32 heavy (non-hydrogen) atoms. The Hall–Kier alpha value is -4.08. The minimum absolute atomic E-state index is 0.245. The van der Waals surface area contributed by atoms with E-state index in [1.54, 1.807) is 48.0 Å². The van der Waals surface area contributed by atoms with Gasteiger partial charge in [0, 0.05) is 38.0 Å². The first-order valence-electron chi connectivity index (χ1n) is 9.51. The van der Waals surface area contributed by atoms with E-state index < -0.39 is 11.7 Å². The Kier molecular flexibility index (Phi) is 5.43. The van der Waals surface area contributed by atoms with Crippen LogP contribution in [-0.4, -0.2) is 20.4 Å². The van der Waals surface area contributed by atoms with E-state index in [0.717, 1.165) is 17.6 Å². The minimum atomic E-state index is -4.43. The molecule has 2 N–H and O–H groups in total. The molecule has 10 heteroatoms. The lowest BCUT2D eigenvalue weighted by Gasteiger charge is -2.10. The maximum Gasteiger partial charge on any atom is 0.416 e. The molecule has 2 aromatic carbocycles. The van der Waals surface area contributed by atoms with Crippen LogP contribution in [0.4, 0.5) is 30.6 Å². The highest BCUT2D eigenvalue weighted by Gasteiger charge is 2.30. The number of aryl methyl sites for hydroxylation is 1. The van der Waals surface area contributed by atoms with E-state index in [0.29, 0.717) is 28.8 Å². The summed E-state index contributed by atoms with van der Waals surface area (Å²) >= 11 is 0. The highest BCUT2D eigenvalue weighted by atomic mass is 19.4.